The van der Waals surface area contributed by atoms with Crippen LogP contribution in [0.5, 0.6) is 0 Å². The van der Waals surface area contributed by atoms with Gasteiger partial charge >= 0.3 is 0 Å². The Balaban J connectivity index is 2.72. The van der Waals surface area contributed by atoms with Crippen molar-refractivity contribution in [2.75, 3.05) is 5.73 Å². The van der Waals surface area contributed by atoms with E-state index in [1.54, 1.807) is 6.07 Å². The van der Waals surface area contributed by atoms with Crippen LogP contribution in [0, 0.1) is 20.8 Å². The Kier molecular flexibility index (Phi) is 3.03. The molecule has 2 N–H and O–H groups in total. The summed E-state index contributed by atoms with van der Waals surface area (Å²) in [5, 5.41) is 0.368. The number of nitrogens with zero attached hydrogens (tertiary/aromatic N) is 2. The van der Waals surface area contributed by atoms with Gasteiger partial charge in [-0.05, 0) is 37.5 Å². The predicted octanol–water partition coefficient (Wildman–Crippen LogP) is 3.30. The van der Waals surface area contributed by atoms with Crippen LogP contribution < -0.4 is 5.73 Å². The third-order valence-corrected chi connectivity index (χ3v) is 3.11. The third-order valence-electron chi connectivity index (χ3n) is 2.91. The van der Waals surface area contributed by atoms with E-state index in [1.165, 1.54) is 11.1 Å². The zero-order valence-electron chi connectivity index (χ0n) is 10.1. The molecule has 0 atom stereocenters. The summed E-state index contributed by atoms with van der Waals surface area (Å²) < 4.78 is 0. The molecule has 2 rings (SSSR count). The first kappa shape index (κ1) is 11.9. The van der Waals surface area contributed by atoms with Crippen molar-refractivity contribution in [1.29, 1.82) is 0 Å². The van der Waals surface area contributed by atoms with Gasteiger partial charge in [-0.25, -0.2) is 9.97 Å². The molecule has 0 bridgehead atoms. The maximum absolute atomic E-state index is 5.91. The van der Waals surface area contributed by atoms with Crippen LogP contribution in [0.1, 0.15) is 16.7 Å². The van der Waals surface area contributed by atoms with Crippen LogP contribution in [0.2, 0.25) is 5.15 Å². The van der Waals surface area contributed by atoms with Crippen LogP contribution in [0.15, 0.2) is 18.2 Å². The summed E-state index contributed by atoms with van der Waals surface area (Å²) in [6.45, 7) is 6.20. The standard InChI is InChI=1S/C13H14ClN3/c1-7-4-5-8(2)12(9(7)3)10-6-11(14)17-13(15)16-10/h4-6H,1-3H3,(H2,15,16,17). The second kappa shape index (κ2) is 4.34. The van der Waals surface area contributed by atoms with E-state index in [0.29, 0.717) is 5.15 Å². The lowest BCUT2D eigenvalue weighted by molar-refractivity contribution is 1.17. The van der Waals surface area contributed by atoms with Crippen LogP contribution >= 0.6 is 11.6 Å². The molecule has 4 heteroatoms. The Morgan fingerprint density at radius 1 is 1.06 bits per heavy atom. The van der Waals surface area contributed by atoms with Crippen LogP contribution in [0.3, 0.4) is 0 Å². The molecule has 0 aliphatic rings. The number of nitrogen functional groups attached to an aromatic ring is 1. The molecule has 0 aliphatic heterocycles. The second-order valence-electron chi connectivity index (χ2n) is 4.13. The Labute approximate surface area is 106 Å². The molecule has 1 heterocycles. The normalized spacial score (nSPS) is 10.6. The monoisotopic (exact) mass is 247 g/mol. The van der Waals surface area contributed by atoms with E-state index in [-0.39, 0.29) is 5.95 Å². The maximum atomic E-state index is 5.91. The highest BCUT2D eigenvalue weighted by molar-refractivity contribution is 6.29. The topological polar surface area (TPSA) is 51.8 Å². The van der Waals surface area contributed by atoms with Gasteiger partial charge < -0.3 is 5.73 Å². The maximum Gasteiger partial charge on any atom is 0.221 e. The van der Waals surface area contributed by atoms with Crippen molar-refractivity contribution in [3.8, 4) is 11.3 Å². The SMILES string of the molecule is Cc1ccc(C)c(-c2cc(Cl)nc(N)n2)c1C. The van der Waals surface area contributed by atoms with Gasteiger partial charge in [0.2, 0.25) is 5.95 Å². The smallest absolute Gasteiger partial charge is 0.221 e. The second-order valence-corrected chi connectivity index (χ2v) is 4.52. The first-order valence-corrected chi connectivity index (χ1v) is 5.74. The summed E-state index contributed by atoms with van der Waals surface area (Å²) in [5.41, 5.74) is 11.1. The van der Waals surface area contributed by atoms with Crippen molar-refractivity contribution in [2.45, 2.75) is 20.8 Å². The van der Waals surface area contributed by atoms with Crippen molar-refractivity contribution >= 4 is 17.5 Å². The minimum atomic E-state index is 0.202. The minimum absolute atomic E-state index is 0.202. The number of aryl methyl sites for hydroxylation is 2. The van der Waals surface area contributed by atoms with Crippen molar-refractivity contribution in [3.63, 3.8) is 0 Å². The molecule has 0 spiro atoms. The molecule has 2 aromatic rings. The molecule has 0 aliphatic carbocycles. The van der Waals surface area contributed by atoms with Gasteiger partial charge in [0.1, 0.15) is 5.15 Å². The molecule has 3 nitrogen and oxygen atoms in total. The molecule has 88 valence electrons. The Morgan fingerprint density at radius 3 is 2.35 bits per heavy atom. The van der Waals surface area contributed by atoms with E-state index in [4.69, 9.17) is 17.3 Å². The average molecular weight is 248 g/mol. The fourth-order valence-corrected chi connectivity index (χ4v) is 2.10. The van der Waals surface area contributed by atoms with E-state index in [1.807, 2.05) is 6.92 Å². The molecule has 1 aromatic carbocycles. The van der Waals surface area contributed by atoms with Crippen LogP contribution in [-0.2, 0) is 0 Å². The van der Waals surface area contributed by atoms with Gasteiger partial charge in [-0.15, -0.1) is 0 Å². The molecule has 1 aromatic heterocycles. The molecule has 17 heavy (non-hydrogen) atoms. The number of hydrogen-bond donors (Lipinski definition) is 1. The number of hydrogen-bond acceptors (Lipinski definition) is 3. The van der Waals surface area contributed by atoms with Crippen LogP contribution in [0.25, 0.3) is 11.3 Å². The molecule has 0 saturated carbocycles. The number of rotatable bonds is 1. The largest absolute Gasteiger partial charge is 0.368 e. The summed E-state index contributed by atoms with van der Waals surface area (Å²) in [6.07, 6.45) is 0. The van der Waals surface area contributed by atoms with E-state index in [0.717, 1.165) is 16.8 Å². The lowest BCUT2D eigenvalue weighted by atomic mass is 9.96. The lowest BCUT2D eigenvalue weighted by Gasteiger charge is -2.12. The Bertz CT molecular complexity index is 559. The average Bonchev–Trinajstić information content (AvgIpc) is 2.23. The molecule has 0 unspecified atom stereocenters. The van der Waals surface area contributed by atoms with Gasteiger partial charge in [0, 0.05) is 11.6 Å². The highest BCUT2D eigenvalue weighted by Crippen LogP contribution is 2.29. The summed E-state index contributed by atoms with van der Waals surface area (Å²) in [4.78, 5) is 8.12. The highest BCUT2D eigenvalue weighted by atomic mass is 35.5. The molecular formula is C13H14ClN3. The summed E-state index contributed by atoms with van der Waals surface area (Å²) >= 11 is 5.91. The number of aromatic nitrogens is 2. The van der Waals surface area contributed by atoms with Crippen LogP contribution in [-0.4, -0.2) is 9.97 Å². The van der Waals surface area contributed by atoms with Gasteiger partial charge in [-0.2, -0.15) is 0 Å². The zero-order valence-corrected chi connectivity index (χ0v) is 10.8. The predicted molar refractivity (Wildman–Crippen MR) is 71.1 cm³/mol. The molecule has 0 amide bonds. The highest BCUT2D eigenvalue weighted by Gasteiger charge is 2.10. The Hall–Kier alpha value is -1.61. The van der Waals surface area contributed by atoms with Crippen molar-refractivity contribution < 1.29 is 0 Å². The van der Waals surface area contributed by atoms with Gasteiger partial charge in [0.05, 0.1) is 5.69 Å². The van der Waals surface area contributed by atoms with Gasteiger partial charge in [-0.1, -0.05) is 23.7 Å². The van der Waals surface area contributed by atoms with E-state index < -0.39 is 0 Å². The van der Waals surface area contributed by atoms with E-state index in [9.17, 15) is 0 Å². The zero-order chi connectivity index (χ0) is 12.6. The van der Waals surface area contributed by atoms with Crippen molar-refractivity contribution in [1.82, 2.24) is 9.97 Å². The summed E-state index contributed by atoms with van der Waals surface area (Å²) in [5.74, 6) is 0.202. The quantitative estimate of drug-likeness (QED) is 0.787. The Morgan fingerprint density at radius 2 is 1.71 bits per heavy atom. The van der Waals surface area contributed by atoms with Gasteiger partial charge in [0.15, 0.2) is 0 Å². The van der Waals surface area contributed by atoms with Crippen molar-refractivity contribution in [2.24, 2.45) is 0 Å². The fourth-order valence-electron chi connectivity index (χ4n) is 1.91. The van der Waals surface area contributed by atoms with E-state index >= 15 is 0 Å². The molecule has 0 radical (unpaired) electrons. The fraction of sp³-hybridized carbons (Fsp3) is 0.231. The minimum Gasteiger partial charge on any atom is -0.368 e. The van der Waals surface area contributed by atoms with Gasteiger partial charge in [-0.3, -0.25) is 0 Å². The molecular weight excluding hydrogens is 234 g/mol. The van der Waals surface area contributed by atoms with E-state index in [2.05, 4.69) is 35.9 Å². The first-order valence-electron chi connectivity index (χ1n) is 5.36. The molecule has 0 saturated heterocycles. The summed E-state index contributed by atoms with van der Waals surface area (Å²) in [6, 6.07) is 5.91. The molecule has 0 fully saturated rings. The number of anilines is 1. The van der Waals surface area contributed by atoms with Crippen LogP contribution in [0.4, 0.5) is 5.95 Å². The lowest BCUT2D eigenvalue weighted by Crippen LogP contribution is -1.99. The number of halogens is 1. The van der Waals surface area contributed by atoms with Gasteiger partial charge in [0.25, 0.3) is 0 Å². The first-order chi connectivity index (χ1) is 7.99. The number of nitrogens with two attached hydrogens (primary N) is 1. The third kappa shape index (κ3) is 2.24. The summed E-state index contributed by atoms with van der Waals surface area (Å²) in [7, 11) is 0. The van der Waals surface area contributed by atoms with Crippen molar-refractivity contribution in [3.05, 3.63) is 40.0 Å². The number of benzene rings is 1.